The summed E-state index contributed by atoms with van der Waals surface area (Å²) >= 11 is 1.60. The smallest absolute Gasteiger partial charge is 0.225 e. The molecule has 1 aromatic carbocycles. The van der Waals surface area contributed by atoms with E-state index >= 15 is 0 Å². The third-order valence-corrected chi connectivity index (χ3v) is 3.77. The van der Waals surface area contributed by atoms with Gasteiger partial charge in [0.1, 0.15) is 5.75 Å². The molecule has 0 saturated carbocycles. The van der Waals surface area contributed by atoms with Crippen molar-refractivity contribution in [3.63, 3.8) is 0 Å². The molecule has 1 heterocycles. The summed E-state index contributed by atoms with van der Waals surface area (Å²) in [6.45, 7) is 1.96. The molecule has 3 nitrogen and oxygen atoms in total. The summed E-state index contributed by atoms with van der Waals surface area (Å²) in [5.74, 6) is 0.826. The van der Waals surface area contributed by atoms with Crippen molar-refractivity contribution in [3.8, 4) is 5.75 Å². The van der Waals surface area contributed by atoms with Crippen LogP contribution < -0.4 is 10.1 Å². The van der Waals surface area contributed by atoms with Gasteiger partial charge in [-0.1, -0.05) is 24.3 Å². The predicted octanol–water partition coefficient (Wildman–Crippen LogP) is 3.18. The molecule has 19 heavy (non-hydrogen) atoms. The number of methoxy groups -OCH3 is 1. The highest BCUT2D eigenvalue weighted by Gasteiger charge is 2.13. The zero-order valence-electron chi connectivity index (χ0n) is 11.1. The number of hydrogen-bond donors (Lipinski definition) is 1. The van der Waals surface area contributed by atoms with Gasteiger partial charge in [0.2, 0.25) is 5.91 Å². The van der Waals surface area contributed by atoms with Gasteiger partial charge in [-0.15, -0.1) is 11.3 Å². The highest BCUT2D eigenvalue weighted by molar-refractivity contribution is 7.10. The van der Waals surface area contributed by atoms with Gasteiger partial charge in [-0.05, 0) is 24.4 Å². The fourth-order valence-corrected chi connectivity index (χ4v) is 2.67. The molecule has 0 aliphatic heterocycles. The lowest BCUT2D eigenvalue weighted by Gasteiger charge is -2.17. The number of amides is 1. The molecule has 0 bridgehead atoms. The minimum atomic E-state index is -0.0661. The van der Waals surface area contributed by atoms with Crippen LogP contribution in [0.25, 0.3) is 0 Å². The Balaban J connectivity index is 2.00. The van der Waals surface area contributed by atoms with Crippen molar-refractivity contribution in [2.75, 3.05) is 7.11 Å². The molecule has 0 aliphatic rings. The molecule has 0 fully saturated rings. The van der Waals surface area contributed by atoms with Crippen LogP contribution in [0.15, 0.2) is 41.8 Å². The maximum Gasteiger partial charge on any atom is 0.225 e. The number of nitrogens with one attached hydrogen (secondary N) is 1. The maximum absolute atomic E-state index is 11.9. The van der Waals surface area contributed by atoms with Crippen LogP contribution in [0, 0.1) is 0 Å². The molecule has 1 atom stereocenters. The van der Waals surface area contributed by atoms with Gasteiger partial charge in [0.15, 0.2) is 0 Å². The predicted molar refractivity (Wildman–Crippen MR) is 77.6 cm³/mol. The van der Waals surface area contributed by atoms with Crippen molar-refractivity contribution in [1.29, 1.82) is 0 Å². The van der Waals surface area contributed by atoms with Crippen LogP contribution in [-0.2, 0) is 11.2 Å². The number of ether oxygens (including phenoxy) is 1. The summed E-state index contributed by atoms with van der Waals surface area (Å²) in [6, 6.07) is 11.6. The van der Waals surface area contributed by atoms with Crippen LogP contribution in [0.5, 0.6) is 5.75 Å². The molecule has 1 N–H and O–H groups in total. The molecule has 100 valence electrons. The Hall–Kier alpha value is -1.81. The summed E-state index contributed by atoms with van der Waals surface area (Å²) in [5.41, 5.74) is 0.990. The van der Waals surface area contributed by atoms with Crippen LogP contribution >= 0.6 is 11.3 Å². The van der Waals surface area contributed by atoms with E-state index in [-0.39, 0.29) is 11.9 Å². The standard InChI is InChI=1S/C15H17NO2S/c1-11(13-7-3-4-8-14(13)18-2)16-15(17)10-12-6-5-9-19-12/h3-9,11H,10H2,1-2H3,(H,16,17)/t11-/m1/s1. The SMILES string of the molecule is COc1ccccc1[C@@H](C)NC(=O)Cc1cccs1. The lowest BCUT2D eigenvalue weighted by atomic mass is 10.1. The minimum absolute atomic E-state index is 0.0286. The van der Waals surface area contributed by atoms with Gasteiger partial charge in [0.25, 0.3) is 0 Å². The molecule has 0 unspecified atom stereocenters. The Morgan fingerprint density at radius 1 is 1.32 bits per heavy atom. The van der Waals surface area contributed by atoms with Gasteiger partial charge in [0, 0.05) is 10.4 Å². The van der Waals surface area contributed by atoms with Crippen LogP contribution in [0.1, 0.15) is 23.4 Å². The monoisotopic (exact) mass is 275 g/mol. The molecule has 0 saturated heterocycles. The lowest BCUT2D eigenvalue weighted by Crippen LogP contribution is -2.28. The van der Waals surface area contributed by atoms with E-state index in [0.717, 1.165) is 16.2 Å². The number of carbonyl (C=O) groups excluding carboxylic acids is 1. The van der Waals surface area contributed by atoms with E-state index in [0.29, 0.717) is 6.42 Å². The van der Waals surface area contributed by atoms with E-state index in [2.05, 4.69) is 5.32 Å². The highest BCUT2D eigenvalue weighted by Crippen LogP contribution is 2.24. The third-order valence-electron chi connectivity index (χ3n) is 2.90. The molecular weight excluding hydrogens is 258 g/mol. The summed E-state index contributed by atoms with van der Waals surface area (Å²) in [5, 5.41) is 4.98. The van der Waals surface area contributed by atoms with Gasteiger partial charge in [-0.3, -0.25) is 4.79 Å². The first-order valence-electron chi connectivity index (χ1n) is 6.15. The van der Waals surface area contributed by atoms with Crippen LogP contribution in [-0.4, -0.2) is 13.0 Å². The number of hydrogen-bond acceptors (Lipinski definition) is 3. The van der Waals surface area contributed by atoms with Gasteiger partial charge in [-0.2, -0.15) is 0 Å². The van der Waals surface area contributed by atoms with Crippen LogP contribution in [0.3, 0.4) is 0 Å². The van der Waals surface area contributed by atoms with E-state index in [9.17, 15) is 4.79 Å². The van der Waals surface area contributed by atoms with Gasteiger partial charge >= 0.3 is 0 Å². The Kier molecular flexibility index (Phi) is 4.58. The topological polar surface area (TPSA) is 38.3 Å². The van der Waals surface area contributed by atoms with Crippen molar-refractivity contribution < 1.29 is 9.53 Å². The van der Waals surface area contributed by atoms with E-state index in [1.807, 2.05) is 48.7 Å². The number of carbonyl (C=O) groups is 1. The lowest BCUT2D eigenvalue weighted by molar-refractivity contribution is -0.121. The van der Waals surface area contributed by atoms with Gasteiger partial charge in [0.05, 0.1) is 19.6 Å². The molecule has 1 aromatic heterocycles. The van der Waals surface area contributed by atoms with Gasteiger partial charge < -0.3 is 10.1 Å². The Morgan fingerprint density at radius 2 is 2.11 bits per heavy atom. The van der Waals surface area contributed by atoms with E-state index < -0.39 is 0 Å². The zero-order chi connectivity index (χ0) is 13.7. The van der Waals surface area contributed by atoms with Crippen LogP contribution in [0.2, 0.25) is 0 Å². The molecule has 2 rings (SSSR count). The molecule has 0 radical (unpaired) electrons. The summed E-state index contributed by atoms with van der Waals surface area (Å²) < 4.78 is 5.30. The molecule has 1 amide bonds. The number of para-hydroxylation sites is 1. The third kappa shape index (κ3) is 3.58. The Morgan fingerprint density at radius 3 is 2.79 bits per heavy atom. The first-order valence-corrected chi connectivity index (χ1v) is 7.03. The van der Waals surface area contributed by atoms with Crippen LogP contribution in [0.4, 0.5) is 0 Å². The number of rotatable bonds is 5. The minimum Gasteiger partial charge on any atom is -0.496 e. The average molecular weight is 275 g/mol. The Bertz CT molecular complexity index is 537. The molecule has 2 aromatic rings. The first-order chi connectivity index (χ1) is 9.20. The van der Waals surface area contributed by atoms with Crippen molar-refractivity contribution in [2.24, 2.45) is 0 Å². The van der Waals surface area contributed by atoms with Gasteiger partial charge in [-0.25, -0.2) is 0 Å². The van der Waals surface area contributed by atoms with Crippen molar-refractivity contribution in [1.82, 2.24) is 5.32 Å². The molecule has 0 aliphatic carbocycles. The number of thiophene rings is 1. The normalized spacial score (nSPS) is 11.9. The zero-order valence-corrected chi connectivity index (χ0v) is 11.9. The van der Waals surface area contributed by atoms with Crippen molar-refractivity contribution in [3.05, 3.63) is 52.2 Å². The summed E-state index contributed by atoms with van der Waals surface area (Å²) in [4.78, 5) is 13.0. The first kappa shape index (κ1) is 13.6. The maximum atomic E-state index is 11.9. The van der Waals surface area contributed by atoms with E-state index in [1.165, 1.54) is 0 Å². The van der Waals surface area contributed by atoms with E-state index in [1.54, 1.807) is 18.4 Å². The summed E-state index contributed by atoms with van der Waals surface area (Å²) in [7, 11) is 1.64. The summed E-state index contributed by atoms with van der Waals surface area (Å²) in [6.07, 6.45) is 0.428. The second-order valence-electron chi connectivity index (χ2n) is 4.29. The molecule has 4 heteroatoms. The highest BCUT2D eigenvalue weighted by atomic mass is 32.1. The molecule has 0 spiro atoms. The fraction of sp³-hybridized carbons (Fsp3) is 0.267. The Labute approximate surface area is 117 Å². The fourth-order valence-electron chi connectivity index (χ4n) is 1.97. The largest absolute Gasteiger partial charge is 0.496 e. The van der Waals surface area contributed by atoms with E-state index in [4.69, 9.17) is 4.74 Å². The molecular formula is C15H17NO2S. The van der Waals surface area contributed by atoms with Crippen molar-refractivity contribution >= 4 is 17.2 Å². The van der Waals surface area contributed by atoms with Crippen molar-refractivity contribution in [2.45, 2.75) is 19.4 Å². The second kappa shape index (κ2) is 6.38. The average Bonchev–Trinajstić information content (AvgIpc) is 2.91. The second-order valence-corrected chi connectivity index (χ2v) is 5.32. The number of benzene rings is 1. The quantitative estimate of drug-likeness (QED) is 0.910.